The number of hydrogen-bond donors (Lipinski definition) is 1. The maximum atomic E-state index is 11.9. The van der Waals surface area contributed by atoms with E-state index in [4.69, 9.17) is 0 Å². The molecule has 4 nitrogen and oxygen atoms in total. The Kier molecular flexibility index (Phi) is 2.33. The molecule has 94 valence electrons. The molecule has 2 aromatic rings. The summed E-state index contributed by atoms with van der Waals surface area (Å²) in [5.41, 5.74) is 3.53. The van der Waals surface area contributed by atoms with Gasteiger partial charge < -0.3 is 14.8 Å². The highest BCUT2D eigenvalue weighted by molar-refractivity contribution is 5.87. The zero-order chi connectivity index (χ0) is 12.9. The van der Waals surface area contributed by atoms with E-state index in [0.29, 0.717) is 0 Å². The minimum Gasteiger partial charge on any atom is -0.358 e. The highest BCUT2D eigenvalue weighted by atomic mass is 16.2. The molecule has 18 heavy (non-hydrogen) atoms. The first-order valence-corrected chi connectivity index (χ1v) is 6.14. The average Bonchev–Trinajstić information content (AvgIpc) is 2.80. The van der Waals surface area contributed by atoms with Crippen LogP contribution in [0.1, 0.15) is 17.3 Å². The number of para-hydroxylation sites is 1. The van der Waals surface area contributed by atoms with E-state index in [9.17, 15) is 4.79 Å². The molecule has 3 rings (SSSR count). The molecule has 2 heterocycles. The Morgan fingerprint density at radius 3 is 2.67 bits per heavy atom. The van der Waals surface area contributed by atoms with E-state index in [1.165, 1.54) is 10.9 Å². The molecule has 0 aliphatic carbocycles. The van der Waals surface area contributed by atoms with Crippen LogP contribution in [0.5, 0.6) is 0 Å². The lowest BCUT2D eigenvalue weighted by Gasteiger charge is -2.18. The molecule has 0 saturated carbocycles. The Bertz CT molecular complexity index is 617. The second-order valence-corrected chi connectivity index (χ2v) is 5.00. The van der Waals surface area contributed by atoms with Crippen molar-refractivity contribution in [3.63, 3.8) is 0 Å². The number of aromatic amines is 1. The summed E-state index contributed by atoms with van der Waals surface area (Å²) in [5.74, 6) is 0. The van der Waals surface area contributed by atoms with Crippen LogP contribution in [-0.2, 0) is 0 Å². The van der Waals surface area contributed by atoms with E-state index in [1.54, 1.807) is 4.90 Å². The van der Waals surface area contributed by atoms with Crippen molar-refractivity contribution in [1.29, 1.82) is 0 Å². The average molecular weight is 243 g/mol. The van der Waals surface area contributed by atoms with Gasteiger partial charge in [0.15, 0.2) is 0 Å². The molecule has 1 unspecified atom stereocenters. The van der Waals surface area contributed by atoms with Gasteiger partial charge in [0.1, 0.15) is 0 Å². The summed E-state index contributed by atoms with van der Waals surface area (Å²) >= 11 is 0. The topological polar surface area (TPSA) is 39.3 Å². The van der Waals surface area contributed by atoms with Crippen molar-refractivity contribution in [3.05, 3.63) is 35.5 Å². The maximum absolute atomic E-state index is 11.9. The fraction of sp³-hybridized carbons (Fsp3) is 0.357. The van der Waals surface area contributed by atoms with Crippen LogP contribution in [0.25, 0.3) is 10.9 Å². The van der Waals surface area contributed by atoms with Crippen molar-refractivity contribution in [2.45, 2.75) is 13.0 Å². The van der Waals surface area contributed by atoms with Crippen molar-refractivity contribution >= 4 is 16.9 Å². The number of aryl methyl sites for hydroxylation is 1. The monoisotopic (exact) mass is 243 g/mol. The zero-order valence-corrected chi connectivity index (χ0v) is 10.9. The van der Waals surface area contributed by atoms with Crippen molar-refractivity contribution in [2.75, 3.05) is 20.6 Å². The number of carbonyl (C=O) groups is 1. The summed E-state index contributed by atoms with van der Waals surface area (Å²) in [6.45, 7) is 2.82. The normalized spacial score (nSPS) is 20.2. The van der Waals surface area contributed by atoms with E-state index >= 15 is 0 Å². The second kappa shape index (κ2) is 3.77. The fourth-order valence-corrected chi connectivity index (χ4v) is 2.88. The minimum absolute atomic E-state index is 0.0877. The van der Waals surface area contributed by atoms with E-state index in [-0.39, 0.29) is 12.1 Å². The smallest absolute Gasteiger partial charge is 0.320 e. The molecular weight excluding hydrogens is 226 g/mol. The highest BCUT2D eigenvalue weighted by Gasteiger charge is 2.35. The summed E-state index contributed by atoms with van der Waals surface area (Å²) in [7, 11) is 3.72. The summed E-state index contributed by atoms with van der Waals surface area (Å²) < 4.78 is 0. The molecule has 2 amide bonds. The Hall–Kier alpha value is -1.97. The Labute approximate surface area is 106 Å². The Morgan fingerprint density at radius 1 is 1.28 bits per heavy atom. The SMILES string of the molecule is Cc1[nH]c2ccccc2c1C1CN(C)C(=O)N1C. The molecule has 1 saturated heterocycles. The van der Waals surface area contributed by atoms with Gasteiger partial charge >= 0.3 is 6.03 Å². The summed E-state index contributed by atoms with van der Waals surface area (Å²) in [5, 5.41) is 1.22. The van der Waals surface area contributed by atoms with Crippen LogP contribution in [0.2, 0.25) is 0 Å². The predicted octanol–water partition coefficient (Wildman–Crippen LogP) is 2.51. The second-order valence-electron chi connectivity index (χ2n) is 5.00. The quantitative estimate of drug-likeness (QED) is 0.821. The van der Waals surface area contributed by atoms with Crippen molar-refractivity contribution in [1.82, 2.24) is 14.8 Å². The summed E-state index contributed by atoms with van der Waals surface area (Å²) in [4.78, 5) is 18.9. The van der Waals surface area contributed by atoms with Gasteiger partial charge in [-0.15, -0.1) is 0 Å². The molecular formula is C14H17N3O. The van der Waals surface area contributed by atoms with Gasteiger partial charge in [0, 0.05) is 42.8 Å². The molecule has 1 aromatic carbocycles. The lowest BCUT2D eigenvalue weighted by atomic mass is 10.0. The van der Waals surface area contributed by atoms with Gasteiger partial charge in [0.25, 0.3) is 0 Å². The van der Waals surface area contributed by atoms with Crippen LogP contribution in [0.4, 0.5) is 4.79 Å². The number of amides is 2. The van der Waals surface area contributed by atoms with Gasteiger partial charge in [0.2, 0.25) is 0 Å². The number of rotatable bonds is 1. The largest absolute Gasteiger partial charge is 0.358 e. The van der Waals surface area contributed by atoms with Crippen LogP contribution < -0.4 is 0 Å². The number of likely N-dealkylation sites (N-methyl/N-ethyl adjacent to an activating group) is 2. The highest BCUT2D eigenvalue weighted by Crippen LogP contribution is 2.34. The first-order chi connectivity index (χ1) is 8.59. The lowest BCUT2D eigenvalue weighted by molar-refractivity contribution is 0.201. The van der Waals surface area contributed by atoms with Gasteiger partial charge in [-0.3, -0.25) is 0 Å². The molecule has 4 heteroatoms. The third kappa shape index (κ3) is 1.41. The van der Waals surface area contributed by atoms with Crippen LogP contribution in [-0.4, -0.2) is 41.5 Å². The van der Waals surface area contributed by atoms with Crippen LogP contribution >= 0.6 is 0 Å². The van der Waals surface area contributed by atoms with Crippen molar-refractivity contribution in [2.24, 2.45) is 0 Å². The van der Waals surface area contributed by atoms with E-state index in [2.05, 4.69) is 24.0 Å². The predicted molar refractivity (Wildman–Crippen MR) is 71.6 cm³/mol. The van der Waals surface area contributed by atoms with Gasteiger partial charge in [0.05, 0.1) is 6.04 Å². The molecule has 1 fully saturated rings. The third-order valence-corrected chi connectivity index (χ3v) is 3.82. The number of nitrogens with zero attached hydrogens (tertiary/aromatic N) is 2. The van der Waals surface area contributed by atoms with Gasteiger partial charge in [-0.1, -0.05) is 18.2 Å². The number of fused-ring (bicyclic) bond motifs is 1. The van der Waals surface area contributed by atoms with Crippen molar-refractivity contribution < 1.29 is 4.79 Å². The number of benzene rings is 1. The van der Waals surface area contributed by atoms with Gasteiger partial charge in [-0.05, 0) is 13.0 Å². The number of hydrogen-bond acceptors (Lipinski definition) is 1. The van der Waals surface area contributed by atoms with E-state index in [0.717, 1.165) is 17.8 Å². The van der Waals surface area contributed by atoms with Gasteiger partial charge in [-0.2, -0.15) is 0 Å². The molecule has 1 aliphatic rings. The standard InChI is InChI=1S/C14H17N3O/c1-9-13(10-6-4-5-7-11(10)15-9)12-8-16(2)14(18)17(12)3/h4-7,12,15H,8H2,1-3H3. The third-order valence-electron chi connectivity index (χ3n) is 3.82. The molecule has 1 aromatic heterocycles. The number of urea groups is 1. The molecule has 1 N–H and O–H groups in total. The number of carbonyl (C=O) groups excluding carboxylic acids is 1. The van der Waals surface area contributed by atoms with Crippen LogP contribution in [0.3, 0.4) is 0 Å². The Morgan fingerprint density at radius 2 is 2.00 bits per heavy atom. The molecule has 1 aliphatic heterocycles. The Balaban J connectivity index is 2.15. The first-order valence-electron chi connectivity index (χ1n) is 6.14. The number of aromatic nitrogens is 1. The summed E-state index contributed by atoms with van der Waals surface area (Å²) in [6, 6.07) is 8.48. The minimum atomic E-state index is 0.0877. The number of nitrogens with one attached hydrogen (secondary N) is 1. The molecule has 1 atom stereocenters. The van der Waals surface area contributed by atoms with E-state index in [1.807, 2.05) is 31.1 Å². The lowest BCUT2D eigenvalue weighted by Crippen LogP contribution is -2.26. The van der Waals surface area contributed by atoms with Crippen LogP contribution in [0.15, 0.2) is 24.3 Å². The molecule has 0 bridgehead atoms. The first kappa shape index (κ1) is 11.1. The zero-order valence-electron chi connectivity index (χ0n) is 10.9. The fourth-order valence-electron chi connectivity index (χ4n) is 2.88. The van der Waals surface area contributed by atoms with Crippen molar-refractivity contribution in [3.8, 4) is 0 Å². The number of H-pyrrole nitrogens is 1. The van der Waals surface area contributed by atoms with E-state index < -0.39 is 0 Å². The molecule has 0 spiro atoms. The summed E-state index contributed by atoms with van der Waals surface area (Å²) in [6.07, 6.45) is 0. The maximum Gasteiger partial charge on any atom is 0.320 e. The van der Waals surface area contributed by atoms with Gasteiger partial charge in [-0.25, -0.2) is 4.79 Å². The molecule has 0 radical (unpaired) electrons. The van der Waals surface area contributed by atoms with Crippen LogP contribution in [0, 0.1) is 6.92 Å².